The number of halogens is 1. The van der Waals surface area contributed by atoms with Crippen molar-refractivity contribution in [3.05, 3.63) is 11.5 Å². The van der Waals surface area contributed by atoms with E-state index in [2.05, 4.69) is 9.88 Å². The maximum Gasteiger partial charge on any atom is 0.263 e. The lowest BCUT2D eigenvalue weighted by atomic mass is 10.1. The first-order valence-corrected chi connectivity index (χ1v) is 7.99. The van der Waals surface area contributed by atoms with E-state index in [-0.39, 0.29) is 10.2 Å². The SMILES string of the molecule is CN(C)C1CCN(S(=O)(=O)c2ncn(C)c2Cl)CC1. The summed E-state index contributed by atoms with van der Waals surface area (Å²) in [5.74, 6) is 0. The lowest BCUT2D eigenvalue weighted by Gasteiger charge is -2.34. The molecule has 108 valence electrons. The molecule has 19 heavy (non-hydrogen) atoms. The van der Waals surface area contributed by atoms with E-state index in [0.717, 1.165) is 12.8 Å². The Balaban J connectivity index is 2.17. The summed E-state index contributed by atoms with van der Waals surface area (Å²) in [4.78, 5) is 6.04. The van der Waals surface area contributed by atoms with Crippen molar-refractivity contribution in [3.8, 4) is 0 Å². The molecule has 1 saturated heterocycles. The fraction of sp³-hybridized carbons (Fsp3) is 0.727. The van der Waals surface area contributed by atoms with Gasteiger partial charge in [-0.15, -0.1) is 0 Å². The van der Waals surface area contributed by atoms with Gasteiger partial charge >= 0.3 is 0 Å². The Morgan fingerprint density at radius 2 is 1.95 bits per heavy atom. The molecule has 0 amide bonds. The third-order valence-electron chi connectivity index (χ3n) is 3.57. The van der Waals surface area contributed by atoms with E-state index in [4.69, 9.17) is 11.6 Å². The standard InChI is InChI=1S/C11H19ClN4O2S/c1-14(2)9-4-6-16(7-5-9)19(17,18)11-10(12)15(3)8-13-11/h8-9H,4-7H2,1-3H3. The highest BCUT2D eigenvalue weighted by molar-refractivity contribution is 7.89. The van der Waals surface area contributed by atoms with Crippen molar-refractivity contribution in [1.29, 1.82) is 0 Å². The van der Waals surface area contributed by atoms with Gasteiger partial charge in [0.1, 0.15) is 5.15 Å². The fourth-order valence-electron chi connectivity index (χ4n) is 2.29. The summed E-state index contributed by atoms with van der Waals surface area (Å²) in [6.07, 6.45) is 3.08. The van der Waals surface area contributed by atoms with E-state index in [9.17, 15) is 8.42 Å². The zero-order chi connectivity index (χ0) is 14.2. The Bertz CT molecular complexity index is 547. The van der Waals surface area contributed by atoms with Gasteiger partial charge in [-0.3, -0.25) is 0 Å². The van der Waals surface area contributed by atoms with Gasteiger partial charge in [0.05, 0.1) is 6.33 Å². The van der Waals surface area contributed by atoms with Crippen LogP contribution in [0.15, 0.2) is 11.4 Å². The predicted octanol–water partition coefficient (Wildman–Crippen LogP) is 0.788. The number of aromatic nitrogens is 2. The van der Waals surface area contributed by atoms with Crippen molar-refractivity contribution in [2.75, 3.05) is 27.2 Å². The van der Waals surface area contributed by atoms with Gasteiger partial charge in [-0.05, 0) is 26.9 Å². The summed E-state index contributed by atoms with van der Waals surface area (Å²) in [5, 5.41) is 0.120. The number of aryl methyl sites for hydroxylation is 1. The van der Waals surface area contributed by atoms with Crippen LogP contribution >= 0.6 is 11.6 Å². The van der Waals surface area contributed by atoms with Crippen LogP contribution in [0, 0.1) is 0 Å². The van der Waals surface area contributed by atoms with Gasteiger partial charge in [-0.25, -0.2) is 13.4 Å². The molecule has 0 radical (unpaired) electrons. The lowest BCUT2D eigenvalue weighted by Crippen LogP contribution is -2.44. The van der Waals surface area contributed by atoms with E-state index < -0.39 is 10.0 Å². The van der Waals surface area contributed by atoms with Crippen LogP contribution in [0.3, 0.4) is 0 Å². The first kappa shape index (κ1) is 14.8. The molecule has 0 saturated carbocycles. The Morgan fingerprint density at radius 1 is 1.37 bits per heavy atom. The zero-order valence-corrected chi connectivity index (χ0v) is 12.9. The highest BCUT2D eigenvalue weighted by atomic mass is 35.5. The summed E-state index contributed by atoms with van der Waals surface area (Å²) in [6.45, 7) is 1.02. The lowest BCUT2D eigenvalue weighted by molar-refractivity contribution is 0.196. The minimum absolute atomic E-state index is 0.0417. The van der Waals surface area contributed by atoms with Crippen molar-refractivity contribution in [2.45, 2.75) is 23.9 Å². The molecule has 0 aromatic carbocycles. The summed E-state index contributed by atoms with van der Waals surface area (Å²) in [6, 6.07) is 0.436. The van der Waals surface area contributed by atoms with Crippen molar-refractivity contribution >= 4 is 21.6 Å². The summed E-state index contributed by atoms with van der Waals surface area (Å²) >= 11 is 5.98. The molecule has 8 heteroatoms. The highest BCUT2D eigenvalue weighted by Gasteiger charge is 2.33. The van der Waals surface area contributed by atoms with Gasteiger partial charge in [-0.1, -0.05) is 11.6 Å². The van der Waals surface area contributed by atoms with Crippen LogP contribution in [0.25, 0.3) is 0 Å². The first-order chi connectivity index (χ1) is 8.84. The monoisotopic (exact) mass is 306 g/mol. The topological polar surface area (TPSA) is 58.4 Å². The van der Waals surface area contributed by atoms with Crippen molar-refractivity contribution in [1.82, 2.24) is 18.8 Å². The van der Waals surface area contributed by atoms with Gasteiger partial charge in [0.2, 0.25) is 5.03 Å². The van der Waals surface area contributed by atoms with Gasteiger partial charge in [0, 0.05) is 26.2 Å². The van der Waals surface area contributed by atoms with Crippen LogP contribution in [-0.2, 0) is 17.1 Å². The second-order valence-corrected chi connectivity index (χ2v) is 7.26. The van der Waals surface area contributed by atoms with Crippen LogP contribution in [0.4, 0.5) is 0 Å². The molecule has 2 rings (SSSR count). The normalized spacial score (nSPS) is 19.2. The first-order valence-electron chi connectivity index (χ1n) is 6.17. The second kappa shape index (κ2) is 5.40. The summed E-state index contributed by atoms with van der Waals surface area (Å²) in [7, 11) is 2.14. The smallest absolute Gasteiger partial charge is 0.263 e. The number of imidazole rings is 1. The molecule has 1 aromatic rings. The fourth-order valence-corrected chi connectivity index (χ4v) is 4.15. The van der Waals surface area contributed by atoms with Crippen molar-refractivity contribution < 1.29 is 8.42 Å². The van der Waals surface area contributed by atoms with E-state index in [0.29, 0.717) is 19.1 Å². The van der Waals surface area contributed by atoms with E-state index in [1.54, 1.807) is 7.05 Å². The van der Waals surface area contributed by atoms with E-state index >= 15 is 0 Å². The number of nitrogens with zero attached hydrogens (tertiary/aromatic N) is 4. The van der Waals surface area contributed by atoms with Crippen molar-refractivity contribution in [3.63, 3.8) is 0 Å². The molecule has 0 bridgehead atoms. The minimum Gasteiger partial charge on any atom is -0.324 e. The van der Waals surface area contributed by atoms with Crippen LogP contribution in [0.5, 0.6) is 0 Å². The number of hydrogen-bond donors (Lipinski definition) is 0. The zero-order valence-electron chi connectivity index (χ0n) is 11.4. The molecule has 6 nitrogen and oxygen atoms in total. The molecule has 0 atom stereocenters. The highest BCUT2D eigenvalue weighted by Crippen LogP contribution is 2.25. The Labute approximate surface area is 119 Å². The number of piperidine rings is 1. The van der Waals surface area contributed by atoms with Gasteiger partial charge in [-0.2, -0.15) is 4.31 Å². The third-order valence-corrected chi connectivity index (χ3v) is 5.96. The molecule has 0 spiro atoms. The van der Waals surface area contributed by atoms with Crippen LogP contribution in [0.1, 0.15) is 12.8 Å². The number of sulfonamides is 1. The Hall–Kier alpha value is -0.630. The summed E-state index contributed by atoms with van der Waals surface area (Å²) < 4.78 is 27.9. The molecule has 1 aromatic heterocycles. The minimum atomic E-state index is -3.57. The van der Waals surface area contributed by atoms with Gasteiger partial charge in [0.25, 0.3) is 10.0 Å². The molecule has 2 heterocycles. The molecule has 0 aliphatic carbocycles. The van der Waals surface area contributed by atoms with Crippen LogP contribution in [-0.4, -0.2) is 60.4 Å². The third kappa shape index (κ3) is 2.79. The van der Waals surface area contributed by atoms with E-state index in [1.807, 2.05) is 14.1 Å². The van der Waals surface area contributed by atoms with Crippen LogP contribution < -0.4 is 0 Å². The molecule has 1 aliphatic heterocycles. The molecule has 0 unspecified atom stereocenters. The quantitative estimate of drug-likeness (QED) is 0.828. The summed E-state index contributed by atoms with van der Waals surface area (Å²) in [5.41, 5.74) is 0. The average Bonchev–Trinajstić information content (AvgIpc) is 2.70. The maximum atomic E-state index is 12.4. The molecule has 0 N–H and O–H groups in total. The maximum absolute atomic E-state index is 12.4. The number of rotatable bonds is 3. The predicted molar refractivity (Wildman–Crippen MR) is 73.7 cm³/mol. The Kier molecular flexibility index (Phi) is 4.20. The van der Waals surface area contributed by atoms with Gasteiger partial charge < -0.3 is 9.47 Å². The van der Waals surface area contributed by atoms with E-state index in [1.165, 1.54) is 15.2 Å². The Morgan fingerprint density at radius 3 is 2.37 bits per heavy atom. The molecular weight excluding hydrogens is 288 g/mol. The largest absolute Gasteiger partial charge is 0.324 e. The van der Waals surface area contributed by atoms with Crippen LogP contribution in [0.2, 0.25) is 5.15 Å². The molecule has 1 aliphatic rings. The number of hydrogen-bond acceptors (Lipinski definition) is 4. The molecular formula is C11H19ClN4O2S. The molecule has 1 fully saturated rings. The average molecular weight is 307 g/mol. The second-order valence-electron chi connectivity index (χ2n) is 5.05. The van der Waals surface area contributed by atoms with Gasteiger partial charge in [0.15, 0.2) is 0 Å². The van der Waals surface area contributed by atoms with Crippen molar-refractivity contribution in [2.24, 2.45) is 7.05 Å².